The predicted molar refractivity (Wildman–Crippen MR) is 94.9 cm³/mol. The van der Waals surface area contributed by atoms with Gasteiger partial charge in [0.2, 0.25) is 15.9 Å². The minimum atomic E-state index is -3.41. The summed E-state index contributed by atoms with van der Waals surface area (Å²) in [6.45, 7) is 5.52. The van der Waals surface area contributed by atoms with Gasteiger partial charge in [0, 0.05) is 12.2 Å². The minimum absolute atomic E-state index is 0.0646. The van der Waals surface area contributed by atoms with Crippen molar-refractivity contribution in [3.8, 4) is 0 Å². The molecule has 0 bridgehead atoms. The van der Waals surface area contributed by atoms with Gasteiger partial charge in [0.15, 0.2) is 0 Å². The second-order valence-corrected chi connectivity index (χ2v) is 8.68. The summed E-state index contributed by atoms with van der Waals surface area (Å²) in [5.74, 6) is -2.17. The zero-order valence-electron chi connectivity index (χ0n) is 14.6. The Morgan fingerprint density at radius 2 is 1.92 bits per heavy atom. The van der Waals surface area contributed by atoms with E-state index in [0.717, 1.165) is 0 Å². The zero-order chi connectivity index (χ0) is 18.8. The number of carboxylic acids is 1. The average Bonchev–Trinajstić information content (AvgIpc) is 2.86. The van der Waals surface area contributed by atoms with Crippen molar-refractivity contribution in [3.63, 3.8) is 0 Å². The third-order valence-electron chi connectivity index (χ3n) is 4.37. The molecule has 8 heteroatoms. The van der Waals surface area contributed by atoms with Gasteiger partial charge in [-0.05, 0) is 37.0 Å². The number of carboxylic acid groups (broad SMARTS) is 1. The van der Waals surface area contributed by atoms with Crippen LogP contribution in [0.4, 0.5) is 5.69 Å². The number of nitrogens with one attached hydrogen (secondary N) is 1. The lowest BCUT2D eigenvalue weighted by molar-refractivity contribution is -0.138. The molecule has 0 aliphatic carbocycles. The van der Waals surface area contributed by atoms with E-state index in [4.69, 9.17) is 5.11 Å². The zero-order valence-corrected chi connectivity index (χ0v) is 15.4. The van der Waals surface area contributed by atoms with Crippen molar-refractivity contribution >= 4 is 27.6 Å². The normalized spacial score (nSPS) is 19.5. The van der Waals surface area contributed by atoms with Gasteiger partial charge in [-0.25, -0.2) is 8.42 Å². The van der Waals surface area contributed by atoms with Gasteiger partial charge in [0.25, 0.3) is 0 Å². The van der Waals surface area contributed by atoms with Crippen LogP contribution in [-0.2, 0) is 19.6 Å². The Morgan fingerprint density at radius 1 is 1.24 bits per heavy atom. The molecule has 138 valence electrons. The number of nitrogens with zero attached hydrogens (tertiary/aromatic N) is 1. The number of sulfonamides is 1. The third kappa shape index (κ3) is 4.38. The summed E-state index contributed by atoms with van der Waals surface area (Å²) in [4.78, 5) is 23.8. The van der Waals surface area contributed by atoms with E-state index in [0.29, 0.717) is 24.2 Å². The summed E-state index contributed by atoms with van der Waals surface area (Å²) in [7, 11) is -3.41. The quantitative estimate of drug-likeness (QED) is 0.798. The van der Waals surface area contributed by atoms with E-state index in [9.17, 15) is 18.0 Å². The van der Waals surface area contributed by atoms with Gasteiger partial charge in [-0.2, -0.15) is 4.31 Å². The molecule has 7 nitrogen and oxygen atoms in total. The number of anilines is 1. The van der Waals surface area contributed by atoms with Crippen molar-refractivity contribution in [2.24, 2.45) is 5.92 Å². The van der Waals surface area contributed by atoms with Crippen LogP contribution in [0, 0.1) is 5.92 Å². The van der Waals surface area contributed by atoms with E-state index in [2.05, 4.69) is 5.32 Å². The lowest BCUT2D eigenvalue weighted by Gasteiger charge is -2.28. The SMILES string of the molecule is CC(C(=O)O)c1cccc(NC(=O)C(C(C)C)N2CCCS2(=O)=O)c1. The molecular formula is C17H24N2O5S. The van der Waals surface area contributed by atoms with E-state index in [1.54, 1.807) is 45.0 Å². The number of benzene rings is 1. The molecule has 0 spiro atoms. The van der Waals surface area contributed by atoms with E-state index < -0.39 is 33.9 Å². The number of carbonyl (C=O) groups excluding carboxylic acids is 1. The highest BCUT2D eigenvalue weighted by Crippen LogP contribution is 2.24. The Labute approximate surface area is 148 Å². The molecule has 1 fully saturated rings. The fourth-order valence-electron chi connectivity index (χ4n) is 2.98. The van der Waals surface area contributed by atoms with Crippen molar-refractivity contribution in [1.82, 2.24) is 4.31 Å². The van der Waals surface area contributed by atoms with Crippen molar-refractivity contribution in [1.29, 1.82) is 0 Å². The molecule has 1 heterocycles. The number of hydrogen-bond donors (Lipinski definition) is 2. The molecule has 2 unspecified atom stereocenters. The summed E-state index contributed by atoms with van der Waals surface area (Å²) in [5.41, 5.74) is 1.03. The predicted octanol–water partition coefficient (Wildman–Crippen LogP) is 1.87. The molecular weight excluding hydrogens is 344 g/mol. The first-order chi connectivity index (χ1) is 11.6. The first kappa shape index (κ1) is 19.4. The number of hydrogen-bond acceptors (Lipinski definition) is 4. The topological polar surface area (TPSA) is 104 Å². The molecule has 0 saturated carbocycles. The molecule has 2 rings (SSSR count). The Kier molecular flexibility index (Phi) is 5.84. The van der Waals surface area contributed by atoms with Gasteiger partial charge in [-0.1, -0.05) is 26.0 Å². The highest BCUT2D eigenvalue weighted by Gasteiger charge is 2.39. The fraction of sp³-hybridized carbons (Fsp3) is 0.529. The van der Waals surface area contributed by atoms with Crippen molar-refractivity contribution in [2.45, 2.75) is 39.2 Å². The van der Waals surface area contributed by atoms with Gasteiger partial charge in [-0.15, -0.1) is 0 Å². The van der Waals surface area contributed by atoms with Crippen LogP contribution >= 0.6 is 0 Å². The second-order valence-electron chi connectivity index (χ2n) is 6.64. The first-order valence-corrected chi connectivity index (χ1v) is 9.87. The monoisotopic (exact) mass is 368 g/mol. The molecule has 2 N–H and O–H groups in total. The van der Waals surface area contributed by atoms with Gasteiger partial charge in [0.05, 0.1) is 11.7 Å². The molecule has 25 heavy (non-hydrogen) atoms. The molecule has 1 aliphatic rings. The van der Waals surface area contributed by atoms with E-state index in [1.807, 2.05) is 0 Å². The minimum Gasteiger partial charge on any atom is -0.481 e. The van der Waals surface area contributed by atoms with Crippen LogP contribution in [-0.4, -0.2) is 48.0 Å². The van der Waals surface area contributed by atoms with Gasteiger partial charge < -0.3 is 10.4 Å². The van der Waals surface area contributed by atoms with E-state index >= 15 is 0 Å². The maximum absolute atomic E-state index is 12.7. The summed E-state index contributed by atoms with van der Waals surface area (Å²) in [6.07, 6.45) is 0.518. The third-order valence-corrected chi connectivity index (χ3v) is 6.30. The summed E-state index contributed by atoms with van der Waals surface area (Å²) < 4.78 is 25.6. The highest BCUT2D eigenvalue weighted by molar-refractivity contribution is 7.89. The average molecular weight is 368 g/mol. The Morgan fingerprint density at radius 3 is 2.44 bits per heavy atom. The highest BCUT2D eigenvalue weighted by atomic mass is 32.2. The lowest BCUT2D eigenvalue weighted by Crippen LogP contribution is -2.48. The van der Waals surface area contributed by atoms with Gasteiger partial charge >= 0.3 is 5.97 Å². The van der Waals surface area contributed by atoms with Crippen LogP contribution in [0.3, 0.4) is 0 Å². The maximum Gasteiger partial charge on any atom is 0.310 e. The Bertz CT molecular complexity index is 760. The van der Waals surface area contributed by atoms with Crippen LogP contribution in [0.5, 0.6) is 0 Å². The van der Waals surface area contributed by atoms with Gasteiger partial charge in [0.1, 0.15) is 6.04 Å². The number of aliphatic carboxylic acids is 1. The van der Waals surface area contributed by atoms with Crippen molar-refractivity contribution < 1.29 is 23.1 Å². The summed E-state index contributed by atoms with van der Waals surface area (Å²) in [6, 6.07) is 5.83. The van der Waals surface area contributed by atoms with Crippen LogP contribution in [0.25, 0.3) is 0 Å². The van der Waals surface area contributed by atoms with Crippen molar-refractivity contribution in [2.75, 3.05) is 17.6 Å². The lowest BCUT2D eigenvalue weighted by atomic mass is 10.0. The summed E-state index contributed by atoms with van der Waals surface area (Å²) in [5, 5.41) is 11.8. The molecule has 2 atom stereocenters. The number of carbonyl (C=O) groups is 2. The molecule has 1 amide bonds. The number of rotatable bonds is 6. The molecule has 1 aliphatic heterocycles. The van der Waals surface area contributed by atoms with E-state index in [-0.39, 0.29) is 11.7 Å². The van der Waals surface area contributed by atoms with Crippen LogP contribution in [0.2, 0.25) is 0 Å². The Balaban J connectivity index is 2.22. The molecule has 1 saturated heterocycles. The van der Waals surface area contributed by atoms with Crippen LogP contribution in [0.1, 0.15) is 38.7 Å². The maximum atomic E-state index is 12.7. The fourth-order valence-corrected chi connectivity index (χ4v) is 4.80. The van der Waals surface area contributed by atoms with E-state index in [1.165, 1.54) is 4.31 Å². The number of amides is 1. The molecule has 1 aromatic carbocycles. The van der Waals surface area contributed by atoms with Gasteiger partial charge in [-0.3, -0.25) is 9.59 Å². The van der Waals surface area contributed by atoms with Crippen molar-refractivity contribution in [3.05, 3.63) is 29.8 Å². The second kappa shape index (κ2) is 7.53. The first-order valence-electron chi connectivity index (χ1n) is 8.26. The smallest absolute Gasteiger partial charge is 0.310 e. The standard InChI is InChI=1S/C17H24N2O5S/c1-11(2)15(19-8-5-9-25(19,23)24)16(20)18-14-7-4-6-13(10-14)12(3)17(21)22/h4,6-7,10-12,15H,5,8-9H2,1-3H3,(H,18,20)(H,21,22). The largest absolute Gasteiger partial charge is 0.481 e. The Hall–Kier alpha value is -1.93. The van der Waals surface area contributed by atoms with Crippen LogP contribution < -0.4 is 5.32 Å². The van der Waals surface area contributed by atoms with Crippen LogP contribution in [0.15, 0.2) is 24.3 Å². The molecule has 1 aromatic rings. The molecule has 0 aromatic heterocycles. The summed E-state index contributed by atoms with van der Waals surface area (Å²) >= 11 is 0. The molecule has 0 radical (unpaired) electrons.